The highest BCUT2D eigenvalue weighted by Crippen LogP contribution is 2.37. The second-order valence-electron chi connectivity index (χ2n) is 6.38. The molecule has 1 atom stereocenters. The number of nitrogens with one attached hydrogen (secondary N) is 1. The summed E-state index contributed by atoms with van der Waals surface area (Å²) in [6.45, 7) is 2.16. The molecule has 1 aromatic carbocycles. The average molecular weight is 369 g/mol. The van der Waals surface area contributed by atoms with Gasteiger partial charge in [0.15, 0.2) is 5.16 Å². The highest BCUT2D eigenvalue weighted by atomic mass is 32.2. The van der Waals surface area contributed by atoms with Gasteiger partial charge in [-0.1, -0.05) is 23.9 Å². The van der Waals surface area contributed by atoms with Crippen LogP contribution in [0, 0.1) is 0 Å². The van der Waals surface area contributed by atoms with E-state index in [9.17, 15) is 9.59 Å². The van der Waals surface area contributed by atoms with Gasteiger partial charge in [0.1, 0.15) is 5.76 Å². The quantitative estimate of drug-likeness (QED) is 0.534. The number of carbonyl (C=O) groups is 1. The van der Waals surface area contributed by atoms with Gasteiger partial charge >= 0.3 is 0 Å². The van der Waals surface area contributed by atoms with Crippen LogP contribution in [0.3, 0.4) is 0 Å². The van der Waals surface area contributed by atoms with E-state index in [1.165, 1.54) is 11.8 Å². The number of carbonyl (C=O) groups excluding carboxylic acids is 1. The third kappa shape index (κ3) is 3.39. The first-order valence-electron chi connectivity index (χ1n) is 8.61. The Bertz CT molecular complexity index is 993. The van der Waals surface area contributed by atoms with E-state index in [1.807, 2.05) is 31.2 Å². The lowest BCUT2D eigenvalue weighted by atomic mass is 10.2. The summed E-state index contributed by atoms with van der Waals surface area (Å²) in [6, 6.07) is 11.1. The van der Waals surface area contributed by atoms with Crippen LogP contribution in [0.2, 0.25) is 0 Å². The number of hydrogen-bond donors (Lipinski definition) is 1. The summed E-state index contributed by atoms with van der Waals surface area (Å²) in [5.74, 6) is 0.588. The standard InChI is InChI=1S/C19H19N3O3S/c1-12(17(23)20-11-14-5-4-10-25-14)26-19-21-16-7-3-2-6-15(16)18(24)22(19)13-8-9-13/h2-7,10,12-13H,8-9,11H2,1H3,(H,20,23)/t12-/m0/s1. The lowest BCUT2D eigenvalue weighted by molar-refractivity contribution is -0.120. The molecule has 7 heteroatoms. The van der Waals surface area contributed by atoms with E-state index in [0.717, 1.165) is 12.8 Å². The number of amides is 1. The van der Waals surface area contributed by atoms with Crippen molar-refractivity contribution in [2.75, 3.05) is 0 Å². The van der Waals surface area contributed by atoms with Crippen molar-refractivity contribution in [2.45, 2.75) is 42.8 Å². The normalized spacial score (nSPS) is 15.1. The Balaban J connectivity index is 1.56. The van der Waals surface area contributed by atoms with Crippen LogP contribution in [0.4, 0.5) is 0 Å². The van der Waals surface area contributed by atoms with E-state index in [4.69, 9.17) is 4.42 Å². The third-order valence-corrected chi connectivity index (χ3v) is 5.42. The molecule has 6 nitrogen and oxygen atoms in total. The molecule has 1 aliphatic carbocycles. The van der Waals surface area contributed by atoms with Crippen LogP contribution in [0.1, 0.15) is 31.6 Å². The Hall–Kier alpha value is -2.54. The SMILES string of the molecule is C[C@H](Sc1nc2ccccc2c(=O)n1C1CC1)C(=O)NCc1ccco1. The van der Waals surface area contributed by atoms with Gasteiger partial charge in [-0.15, -0.1) is 0 Å². The topological polar surface area (TPSA) is 77.1 Å². The van der Waals surface area contributed by atoms with Crippen LogP contribution in [-0.2, 0) is 11.3 Å². The summed E-state index contributed by atoms with van der Waals surface area (Å²) in [5, 5.41) is 3.71. The van der Waals surface area contributed by atoms with E-state index in [1.54, 1.807) is 23.0 Å². The van der Waals surface area contributed by atoms with Gasteiger partial charge in [-0.25, -0.2) is 4.98 Å². The predicted molar refractivity (Wildman–Crippen MR) is 100 cm³/mol. The molecule has 0 unspecified atom stereocenters. The van der Waals surface area contributed by atoms with Crippen LogP contribution in [0.5, 0.6) is 0 Å². The molecule has 0 saturated heterocycles. The second kappa shape index (κ2) is 6.99. The zero-order valence-corrected chi connectivity index (χ0v) is 15.2. The van der Waals surface area contributed by atoms with Gasteiger partial charge < -0.3 is 9.73 Å². The maximum atomic E-state index is 12.9. The maximum Gasteiger partial charge on any atom is 0.262 e. The number of benzene rings is 1. The van der Waals surface area contributed by atoms with Crippen LogP contribution >= 0.6 is 11.8 Å². The number of rotatable bonds is 6. The van der Waals surface area contributed by atoms with E-state index >= 15 is 0 Å². The monoisotopic (exact) mass is 369 g/mol. The van der Waals surface area contributed by atoms with Crippen molar-refractivity contribution in [3.05, 3.63) is 58.8 Å². The zero-order chi connectivity index (χ0) is 18.1. The molecule has 1 fully saturated rings. The van der Waals surface area contributed by atoms with Crippen molar-refractivity contribution in [1.29, 1.82) is 0 Å². The van der Waals surface area contributed by atoms with Crippen LogP contribution in [0.25, 0.3) is 10.9 Å². The summed E-state index contributed by atoms with van der Waals surface area (Å²) in [7, 11) is 0. The van der Waals surface area contributed by atoms with Gasteiger partial charge in [-0.2, -0.15) is 0 Å². The number of hydrogen-bond acceptors (Lipinski definition) is 5. The number of nitrogens with zero attached hydrogens (tertiary/aromatic N) is 2. The predicted octanol–water partition coefficient (Wildman–Crippen LogP) is 3.12. The van der Waals surface area contributed by atoms with Gasteiger partial charge in [-0.3, -0.25) is 14.2 Å². The van der Waals surface area contributed by atoms with Crippen LogP contribution in [0.15, 0.2) is 57.0 Å². The third-order valence-electron chi connectivity index (χ3n) is 4.36. The first kappa shape index (κ1) is 16.9. The fourth-order valence-corrected chi connectivity index (χ4v) is 3.81. The molecule has 0 radical (unpaired) electrons. The molecule has 134 valence electrons. The lowest BCUT2D eigenvalue weighted by Crippen LogP contribution is -2.31. The number of para-hydroxylation sites is 1. The molecular weight excluding hydrogens is 350 g/mol. The smallest absolute Gasteiger partial charge is 0.262 e. The maximum absolute atomic E-state index is 12.9. The van der Waals surface area contributed by atoms with Gasteiger partial charge in [0, 0.05) is 6.04 Å². The average Bonchev–Trinajstić information content (AvgIpc) is 3.33. The van der Waals surface area contributed by atoms with Crippen molar-refractivity contribution in [1.82, 2.24) is 14.9 Å². The van der Waals surface area contributed by atoms with Crippen molar-refractivity contribution in [3.63, 3.8) is 0 Å². The highest BCUT2D eigenvalue weighted by Gasteiger charge is 2.30. The lowest BCUT2D eigenvalue weighted by Gasteiger charge is -2.15. The Morgan fingerprint density at radius 1 is 1.35 bits per heavy atom. The molecule has 2 heterocycles. The number of aromatic nitrogens is 2. The summed E-state index contributed by atoms with van der Waals surface area (Å²) in [6.07, 6.45) is 3.53. The summed E-state index contributed by atoms with van der Waals surface area (Å²) < 4.78 is 6.98. The summed E-state index contributed by atoms with van der Waals surface area (Å²) in [5.41, 5.74) is 0.642. The Labute approximate surface area is 154 Å². The largest absolute Gasteiger partial charge is 0.467 e. The molecule has 3 aromatic rings. The van der Waals surface area contributed by atoms with E-state index in [2.05, 4.69) is 10.3 Å². The molecule has 1 saturated carbocycles. The van der Waals surface area contributed by atoms with E-state index in [-0.39, 0.29) is 22.8 Å². The van der Waals surface area contributed by atoms with Gasteiger partial charge in [0.25, 0.3) is 5.56 Å². The number of thioether (sulfide) groups is 1. The zero-order valence-electron chi connectivity index (χ0n) is 14.3. The number of furan rings is 1. The Kier molecular flexibility index (Phi) is 4.55. The minimum Gasteiger partial charge on any atom is -0.467 e. The Morgan fingerprint density at radius 3 is 2.88 bits per heavy atom. The molecule has 0 aliphatic heterocycles. The van der Waals surface area contributed by atoms with Crippen LogP contribution < -0.4 is 10.9 Å². The molecular formula is C19H19N3O3S. The van der Waals surface area contributed by atoms with Crippen LogP contribution in [-0.4, -0.2) is 20.7 Å². The first-order valence-corrected chi connectivity index (χ1v) is 9.49. The fraction of sp³-hybridized carbons (Fsp3) is 0.316. The fourth-order valence-electron chi connectivity index (χ4n) is 2.81. The molecule has 1 N–H and O–H groups in total. The molecule has 1 aliphatic rings. The van der Waals surface area contributed by atoms with Crippen molar-refractivity contribution in [3.8, 4) is 0 Å². The minimum absolute atomic E-state index is 0.0243. The van der Waals surface area contributed by atoms with Gasteiger partial charge in [0.2, 0.25) is 5.91 Å². The van der Waals surface area contributed by atoms with E-state index < -0.39 is 0 Å². The molecule has 0 bridgehead atoms. The molecule has 26 heavy (non-hydrogen) atoms. The minimum atomic E-state index is -0.372. The van der Waals surface area contributed by atoms with Crippen molar-refractivity contribution < 1.29 is 9.21 Å². The van der Waals surface area contributed by atoms with E-state index in [0.29, 0.717) is 28.4 Å². The van der Waals surface area contributed by atoms with Gasteiger partial charge in [-0.05, 0) is 44.0 Å². The van der Waals surface area contributed by atoms with Crippen molar-refractivity contribution in [2.24, 2.45) is 0 Å². The molecule has 1 amide bonds. The molecule has 0 spiro atoms. The second-order valence-corrected chi connectivity index (χ2v) is 7.68. The summed E-state index contributed by atoms with van der Waals surface area (Å²) >= 11 is 1.32. The highest BCUT2D eigenvalue weighted by molar-refractivity contribution is 8.00. The number of fused-ring (bicyclic) bond motifs is 1. The molecule has 2 aromatic heterocycles. The first-order chi connectivity index (χ1) is 12.6. The molecule has 4 rings (SSSR count). The van der Waals surface area contributed by atoms with Crippen molar-refractivity contribution >= 4 is 28.6 Å². The Morgan fingerprint density at radius 2 is 2.15 bits per heavy atom. The summed E-state index contributed by atoms with van der Waals surface area (Å²) in [4.78, 5) is 29.9. The van der Waals surface area contributed by atoms with Gasteiger partial charge in [0.05, 0.1) is 29.0 Å².